The third-order valence-electron chi connectivity index (χ3n) is 5.96. The maximum absolute atomic E-state index is 15.1. The van der Waals surface area contributed by atoms with Crippen LogP contribution in [0.15, 0.2) is 70.4 Å². The molecule has 0 aliphatic carbocycles. The quantitative estimate of drug-likeness (QED) is 0.246. The molecule has 0 unspecified atom stereocenters. The molecule has 222 valence electrons. The lowest BCUT2D eigenvalue weighted by Crippen LogP contribution is -2.54. The zero-order valence-electron chi connectivity index (χ0n) is 21.2. The summed E-state index contributed by atoms with van der Waals surface area (Å²) in [6.45, 7) is -1.65. The average Bonchev–Trinajstić information content (AvgIpc) is 3.14. The standard InChI is InChI=1S/C24H23F4N2O10P/c1-35-14-3-7-16(8-4-14)39-41(34,40-17-9-5-15(36-2)6-10-17)37-13-23(20(25)26)19(32)24(27,28)21(38-23)30-12-11-18(31)29-22(30)33/h3-12,19-21,32H,13H2,1-2H3,(H,29,31,33)/t19-,21-,23-/m1/s1. The van der Waals surface area contributed by atoms with Gasteiger partial charge in [0.1, 0.15) is 23.0 Å². The Hall–Kier alpha value is -3.85. The van der Waals surface area contributed by atoms with Crippen molar-refractivity contribution in [1.82, 2.24) is 9.55 Å². The van der Waals surface area contributed by atoms with E-state index in [1.807, 2.05) is 0 Å². The number of rotatable bonds is 11. The second kappa shape index (κ2) is 11.6. The van der Waals surface area contributed by atoms with Gasteiger partial charge >= 0.3 is 19.4 Å². The Labute approximate surface area is 228 Å². The number of aromatic nitrogens is 2. The van der Waals surface area contributed by atoms with Gasteiger partial charge in [-0.15, -0.1) is 0 Å². The zero-order chi connectivity index (χ0) is 30.0. The Bertz CT molecular complexity index is 1460. The van der Waals surface area contributed by atoms with E-state index in [-0.39, 0.29) is 16.1 Å². The fraction of sp³-hybridized carbons (Fsp3) is 0.333. The Morgan fingerprint density at radius 3 is 1.88 bits per heavy atom. The minimum atomic E-state index is -4.99. The van der Waals surface area contributed by atoms with Crippen molar-refractivity contribution < 1.29 is 55.0 Å². The molecule has 1 aliphatic rings. The van der Waals surface area contributed by atoms with Crippen LogP contribution < -0.4 is 29.8 Å². The number of halogens is 4. The number of nitrogens with zero attached hydrogens (tertiary/aromatic N) is 1. The monoisotopic (exact) mass is 606 g/mol. The van der Waals surface area contributed by atoms with Crippen molar-refractivity contribution in [2.24, 2.45) is 0 Å². The summed E-state index contributed by atoms with van der Waals surface area (Å²) in [6, 6.07) is 11.4. The summed E-state index contributed by atoms with van der Waals surface area (Å²) in [5.41, 5.74) is -5.91. The molecule has 12 nitrogen and oxygen atoms in total. The third kappa shape index (κ3) is 6.10. The molecular weight excluding hydrogens is 583 g/mol. The van der Waals surface area contributed by atoms with Crippen LogP contribution in [0.1, 0.15) is 6.23 Å². The molecule has 4 rings (SSSR count). The summed E-state index contributed by atoms with van der Waals surface area (Å²) in [4.78, 5) is 25.1. The lowest BCUT2D eigenvalue weighted by atomic mass is 9.96. The number of ether oxygens (including phenoxy) is 3. The predicted molar refractivity (Wildman–Crippen MR) is 132 cm³/mol. The van der Waals surface area contributed by atoms with Crippen molar-refractivity contribution in [1.29, 1.82) is 0 Å². The number of phosphoric acid groups is 1. The van der Waals surface area contributed by atoms with Gasteiger partial charge in [-0.05, 0) is 48.5 Å². The van der Waals surface area contributed by atoms with Gasteiger partial charge in [0.05, 0.1) is 20.8 Å². The molecule has 2 heterocycles. The highest BCUT2D eigenvalue weighted by Gasteiger charge is 2.71. The van der Waals surface area contributed by atoms with Crippen LogP contribution in [0, 0.1) is 0 Å². The Kier molecular flexibility index (Phi) is 8.49. The van der Waals surface area contributed by atoms with Crippen LogP contribution in [-0.4, -0.2) is 59.5 Å². The normalized spacial score (nSPS) is 22.0. The van der Waals surface area contributed by atoms with Crippen molar-refractivity contribution in [2.75, 3.05) is 20.8 Å². The van der Waals surface area contributed by atoms with Gasteiger partial charge in [0.25, 0.3) is 12.0 Å². The van der Waals surface area contributed by atoms with Crippen LogP contribution in [0.2, 0.25) is 0 Å². The average molecular weight is 606 g/mol. The van der Waals surface area contributed by atoms with Crippen molar-refractivity contribution in [2.45, 2.75) is 30.3 Å². The number of H-pyrrole nitrogens is 1. The molecule has 0 bridgehead atoms. The molecule has 2 aromatic carbocycles. The van der Waals surface area contributed by atoms with E-state index in [0.29, 0.717) is 23.8 Å². The number of benzene rings is 2. The third-order valence-corrected chi connectivity index (χ3v) is 7.28. The molecular formula is C24H23F4N2O10P. The van der Waals surface area contributed by atoms with Gasteiger partial charge in [-0.2, -0.15) is 8.78 Å². The lowest BCUT2D eigenvalue weighted by molar-refractivity contribution is -0.193. The zero-order valence-corrected chi connectivity index (χ0v) is 22.1. The maximum Gasteiger partial charge on any atom is 0.587 e. The van der Waals surface area contributed by atoms with E-state index in [2.05, 4.69) is 0 Å². The highest BCUT2D eigenvalue weighted by atomic mass is 31.2. The van der Waals surface area contributed by atoms with Crippen LogP contribution in [0.3, 0.4) is 0 Å². The molecule has 3 aromatic rings. The topological polar surface area (TPSA) is 148 Å². The van der Waals surface area contributed by atoms with Gasteiger partial charge in [-0.25, -0.2) is 18.1 Å². The summed E-state index contributed by atoms with van der Waals surface area (Å²) >= 11 is 0. The summed E-state index contributed by atoms with van der Waals surface area (Å²) in [6.07, 6.45) is -9.38. The minimum absolute atomic E-state index is 0.121. The Morgan fingerprint density at radius 2 is 1.44 bits per heavy atom. The van der Waals surface area contributed by atoms with Gasteiger partial charge < -0.3 is 28.4 Å². The lowest BCUT2D eigenvalue weighted by Gasteiger charge is -2.31. The van der Waals surface area contributed by atoms with E-state index >= 15 is 8.78 Å². The minimum Gasteiger partial charge on any atom is -0.497 e. The molecule has 1 aliphatic heterocycles. The molecule has 1 aromatic heterocycles. The van der Waals surface area contributed by atoms with E-state index in [9.17, 15) is 28.0 Å². The molecule has 0 amide bonds. The molecule has 17 heteroatoms. The van der Waals surface area contributed by atoms with E-state index in [1.165, 1.54) is 62.8 Å². The fourth-order valence-electron chi connectivity index (χ4n) is 3.80. The van der Waals surface area contributed by atoms with Crippen LogP contribution in [0.25, 0.3) is 0 Å². The van der Waals surface area contributed by atoms with E-state index in [1.54, 1.807) is 4.98 Å². The number of aliphatic hydroxyl groups excluding tert-OH is 1. The van der Waals surface area contributed by atoms with Gasteiger partial charge in [-0.3, -0.25) is 18.9 Å². The fourth-order valence-corrected chi connectivity index (χ4v) is 5.06. The van der Waals surface area contributed by atoms with Crippen LogP contribution in [0.4, 0.5) is 17.6 Å². The largest absolute Gasteiger partial charge is 0.587 e. The van der Waals surface area contributed by atoms with Crippen molar-refractivity contribution >= 4 is 7.82 Å². The van der Waals surface area contributed by atoms with Crippen LogP contribution in [-0.2, 0) is 13.8 Å². The number of alkyl halides is 4. The number of aliphatic hydroxyl groups is 1. The predicted octanol–water partition coefficient (Wildman–Crippen LogP) is 3.37. The number of hydrogen-bond donors (Lipinski definition) is 2. The van der Waals surface area contributed by atoms with E-state index < -0.39 is 56.0 Å². The number of hydrogen-bond acceptors (Lipinski definition) is 10. The van der Waals surface area contributed by atoms with Crippen molar-refractivity contribution in [3.8, 4) is 23.0 Å². The molecule has 1 saturated heterocycles. The second-order valence-electron chi connectivity index (χ2n) is 8.57. The summed E-state index contributed by atoms with van der Waals surface area (Å²) in [7, 11) is -2.22. The molecule has 0 spiro atoms. The smallest absolute Gasteiger partial charge is 0.497 e. The van der Waals surface area contributed by atoms with Crippen molar-refractivity contribution in [3.63, 3.8) is 0 Å². The highest BCUT2D eigenvalue weighted by Crippen LogP contribution is 2.55. The number of phosphoric ester groups is 1. The summed E-state index contributed by atoms with van der Waals surface area (Å²) < 4.78 is 104. The SMILES string of the molecule is COc1ccc(OP(=O)(OC[C@@]2(C(F)F)O[C@@H](n3ccc(=O)[nH]c3=O)C(F)(F)[C@@H]2O)Oc2ccc(OC)cc2)cc1. The van der Waals surface area contributed by atoms with Crippen molar-refractivity contribution in [3.05, 3.63) is 81.6 Å². The van der Waals surface area contributed by atoms with Gasteiger partial charge in [0.2, 0.25) is 6.23 Å². The molecule has 0 saturated carbocycles. The Balaban J connectivity index is 1.67. The highest BCUT2D eigenvalue weighted by molar-refractivity contribution is 7.49. The Morgan fingerprint density at radius 1 is 0.951 bits per heavy atom. The van der Waals surface area contributed by atoms with E-state index in [4.69, 9.17) is 27.8 Å². The summed E-state index contributed by atoms with van der Waals surface area (Å²) in [5, 5.41) is 10.4. The number of nitrogens with one attached hydrogen (secondary N) is 1. The van der Waals surface area contributed by atoms with Crippen LogP contribution in [0.5, 0.6) is 23.0 Å². The van der Waals surface area contributed by atoms with Gasteiger partial charge in [0, 0.05) is 12.3 Å². The van der Waals surface area contributed by atoms with Gasteiger partial charge in [-0.1, -0.05) is 0 Å². The number of aromatic amines is 1. The maximum atomic E-state index is 15.1. The van der Waals surface area contributed by atoms with Crippen LogP contribution >= 0.6 is 7.82 Å². The second-order valence-corrected chi connectivity index (χ2v) is 10.1. The van der Waals surface area contributed by atoms with Gasteiger partial charge in [0.15, 0.2) is 11.7 Å². The summed E-state index contributed by atoms with van der Waals surface area (Å²) in [5.74, 6) is -4.04. The number of methoxy groups -OCH3 is 2. The first-order chi connectivity index (χ1) is 19.3. The molecule has 2 N–H and O–H groups in total. The molecule has 1 fully saturated rings. The first kappa shape index (κ1) is 30.1. The molecule has 41 heavy (non-hydrogen) atoms. The van der Waals surface area contributed by atoms with E-state index in [0.717, 1.165) is 0 Å². The first-order valence-corrected chi connectivity index (χ1v) is 13.0. The molecule has 3 atom stereocenters. The molecule has 0 radical (unpaired) electrons. The first-order valence-electron chi connectivity index (χ1n) is 11.6.